The van der Waals surface area contributed by atoms with Gasteiger partial charge < -0.3 is 14.5 Å². The number of allylic oxidation sites excluding steroid dienone is 1. The third-order valence-electron chi connectivity index (χ3n) is 3.31. The minimum absolute atomic E-state index is 0.326. The summed E-state index contributed by atoms with van der Waals surface area (Å²) in [5.41, 5.74) is 2.17. The second-order valence-electron chi connectivity index (χ2n) is 4.97. The molecule has 23 heavy (non-hydrogen) atoms. The van der Waals surface area contributed by atoms with Crippen molar-refractivity contribution < 1.29 is 18.7 Å². The second kappa shape index (κ2) is 6.36. The first-order chi connectivity index (χ1) is 11.2. The van der Waals surface area contributed by atoms with Gasteiger partial charge >= 0.3 is 5.97 Å². The van der Waals surface area contributed by atoms with Crippen molar-refractivity contribution in [3.05, 3.63) is 54.6 Å². The first-order valence-electron chi connectivity index (χ1n) is 7.18. The fourth-order valence-electron chi connectivity index (χ4n) is 2.32. The Kier molecular flexibility index (Phi) is 4.10. The Morgan fingerprint density at radius 1 is 1.13 bits per heavy atom. The Morgan fingerprint density at radius 2 is 1.91 bits per heavy atom. The molecule has 5 heteroatoms. The maximum absolute atomic E-state index is 11.8. The lowest BCUT2D eigenvalue weighted by Gasteiger charge is -2.05. The van der Waals surface area contributed by atoms with Gasteiger partial charge in [-0.15, -0.1) is 0 Å². The highest BCUT2D eigenvalue weighted by atomic mass is 16.5. The lowest BCUT2D eigenvalue weighted by Crippen LogP contribution is -2.20. The molecule has 0 fully saturated rings. The molecular weight excluding hydrogens is 294 g/mol. The van der Waals surface area contributed by atoms with Crippen LogP contribution in [0.1, 0.15) is 6.92 Å². The minimum Gasteiger partial charge on any atom is -0.456 e. The monoisotopic (exact) mass is 309 g/mol. The van der Waals surface area contributed by atoms with Gasteiger partial charge in [0.2, 0.25) is 0 Å². The van der Waals surface area contributed by atoms with E-state index < -0.39 is 11.9 Å². The number of rotatable bonds is 4. The summed E-state index contributed by atoms with van der Waals surface area (Å²) in [6.07, 6.45) is 2.81. The number of hydrogen-bond acceptors (Lipinski definition) is 4. The Bertz CT molecular complexity index is 908. The fraction of sp³-hybridized carbons (Fsp3) is 0.111. The zero-order valence-corrected chi connectivity index (χ0v) is 12.5. The van der Waals surface area contributed by atoms with Gasteiger partial charge in [0, 0.05) is 22.5 Å². The fourth-order valence-corrected chi connectivity index (χ4v) is 2.32. The molecule has 0 atom stereocenters. The molecule has 0 radical (unpaired) electrons. The van der Waals surface area contributed by atoms with Crippen LogP contribution in [0.4, 0.5) is 5.69 Å². The van der Waals surface area contributed by atoms with Crippen LogP contribution in [0.5, 0.6) is 0 Å². The molecule has 3 aromatic rings. The molecule has 2 aromatic carbocycles. The van der Waals surface area contributed by atoms with Gasteiger partial charge in [0.25, 0.3) is 5.91 Å². The molecular formula is C18H15NO4. The summed E-state index contributed by atoms with van der Waals surface area (Å²) >= 11 is 0. The van der Waals surface area contributed by atoms with E-state index in [9.17, 15) is 9.59 Å². The largest absolute Gasteiger partial charge is 0.456 e. The molecule has 1 aromatic heterocycles. The van der Waals surface area contributed by atoms with Crippen molar-refractivity contribution in [2.24, 2.45) is 0 Å². The number of nitrogens with one attached hydrogen (secondary N) is 1. The Balaban J connectivity index is 1.76. The maximum atomic E-state index is 11.8. The molecule has 0 spiro atoms. The minimum atomic E-state index is -0.543. The topological polar surface area (TPSA) is 68.5 Å². The number of fused-ring (bicyclic) bond motifs is 3. The highest BCUT2D eigenvalue weighted by Crippen LogP contribution is 2.30. The molecule has 0 bridgehead atoms. The van der Waals surface area contributed by atoms with Gasteiger partial charge in [-0.2, -0.15) is 0 Å². The molecule has 3 rings (SSSR count). The van der Waals surface area contributed by atoms with Crippen LogP contribution in [0, 0.1) is 0 Å². The van der Waals surface area contributed by atoms with E-state index in [1.54, 1.807) is 25.1 Å². The molecule has 0 aliphatic heterocycles. The summed E-state index contributed by atoms with van der Waals surface area (Å²) in [6, 6.07) is 13.1. The molecule has 5 nitrogen and oxygen atoms in total. The molecule has 0 saturated heterocycles. The lowest BCUT2D eigenvalue weighted by atomic mass is 10.1. The quantitative estimate of drug-likeness (QED) is 0.590. The van der Waals surface area contributed by atoms with Crippen LogP contribution in [-0.4, -0.2) is 18.5 Å². The third-order valence-corrected chi connectivity index (χ3v) is 3.31. The average molecular weight is 309 g/mol. The van der Waals surface area contributed by atoms with Crippen LogP contribution in [0.2, 0.25) is 0 Å². The van der Waals surface area contributed by atoms with Gasteiger partial charge in [0.1, 0.15) is 11.2 Å². The maximum Gasteiger partial charge on any atom is 0.330 e. The molecule has 0 aliphatic rings. The van der Waals surface area contributed by atoms with Crippen molar-refractivity contribution >= 4 is 39.5 Å². The number of hydrogen-bond donors (Lipinski definition) is 1. The smallest absolute Gasteiger partial charge is 0.330 e. The first-order valence-corrected chi connectivity index (χ1v) is 7.18. The SMILES string of the molecule is C/C=C/C(=O)OCC(=O)Nc1ccc2oc3ccccc3c2c1. The van der Waals surface area contributed by atoms with Crippen LogP contribution in [0.25, 0.3) is 21.9 Å². The molecule has 0 aliphatic carbocycles. The van der Waals surface area contributed by atoms with Gasteiger partial charge in [0.15, 0.2) is 6.61 Å². The van der Waals surface area contributed by atoms with Crippen LogP contribution >= 0.6 is 0 Å². The van der Waals surface area contributed by atoms with Crippen molar-refractivity contribution in [3.8, 4) is 0 Å². The normalized spacial score (nSPS) is 11.2. The summed E-state index contributed by atoms with van der Waals surface area (Å²) in [6.45, 7) is 1.37. The number of ether oxygens (including phenoxy) is 1. The Labute approximate surface area is 132 Å². The number of esters is 1. The van der Waals surface area contributed by atoms with Gasteiger partial charge in [-0.05, 0) is 31.2 Å². The number of para-hydroxylation sites is 1. The molecule has 1 heterocycles. The number of carbonyl (C=O) groups excluding carboxylic acids is 2. The average Bonchev–Trinajstić information content (AvgIpc) is 2.91. The van der Waals surface area contributed by atoms with Gasteiger partial charge in [0.05, 0.1) is 0 Å². The predicted octanol–water partition coefficient (Wildman–Crippen LogP) is 3.64. The zero-order valence-electron chi connectivity index (χ0n) is 12.5. The zero-order chi connectivity index (χ0) is 16.2. The number of amides is 1. The predicted molar refractivity (Wildman–Crippen MR) is 88.1 cm³/mol. The second-order valence-corrected chi connectivity index (χ2v) is 4.97. The number of furan rings is 1. The van der Waals surface area contributed by atoms with E-state index in [2.05, 4.69) is 5.32 Å². The summed E-state index contributed by atoms with van der Waals surface area (Å²) in [5, 5.41) is 4.61. The van der Waals surface area contributed by atoms with Gasteiger partial charge in [-0.3, -0.25) is 4.79 Å². The highest BCUT2D eigenvalue weighted by Gasteiger charge is 2.09. The summed E-state index contributed by atoms with van der Waals surface area (Å²) in [7, 11) is 0. The van der Waals surface area contributed by atoms with Crippen molar-refractivity contribution in [2.75, 3.05) is 11.9 Å². The third kappa shape index (κ3) is 3.23. The van der Waals surface area contributed by atoms with Crippen LogP contribution < -0.4 is 5.32 Å². The Morgan fingerprint density at radius 3 is 2.74 bits per heavy atom. The van der Waals surface area contributed by atoms with Crippen LogP contribution in [0.15, 0.2) is 59.0 Å². The molecule has 1 N–H and O–H groups in total. The lowest BCUT2D eigenvalue weighted by molar-refractivity contribution is -0.142. The van der Waals surface area contributed by atoms with Crippen LogP contribution in [0.3, 0.4) is 0 Å². The van der Waals surface area contributed by atoms with Crippen molar-refractivity contribution in [1.29, 1.82) is 0 Å². The van der Waals surface area contributed by atoms with Crippen molar-refractivity contribution in [3.63, 3.8) is 0 Å². The van der Waals surface area contributed by atoms with E-state index in [-0.39, 0.29) is 6.61 Å². The van der Waals surface area contributed by atoms with E-state index >= 15 is 0 Å². The number of anilines is 1. The van der Waals surface area contributed by atoms with Gasteiger partial charge in [-0.1, -0.05) is 24.3 Å². The molecule has 116 valence electrons. The van der Waals surface area contributed by atoms with Crippen molar-refractivity contribution in [1.82, 2.24) is 0 Å². The summed E-state index contributed by atoms with van der Waals surface area (Å²) in [4.78, 5) is 23.0. The first kappa shape index (κ1) is 14.8. The van der Waals surface area contributed by atoms with E-state index in [0.29, 0.717) is 5.69 Å². The summed E-state index contributed by atoms with van der Waals surface area (Å²) < 4.78 is 10.5. The highest BCUT2D eigenvalue weighted by molar-refractivity contribution is 6.07. The molecule has 0 unspecified atom stereocenters. The van der Waals surface area contributed by atoms with Crippen molar-refractivity contribution in [2.45, 2.75) is 6.92 Å². The van der Waals surface area contributed by atoms with Gasteiger partial charge in [-0.25, -0.2) is 4.79 Å². The summed E-state index contributed by atoms with van der Waals surface area (Å²) in [5.74, 6) is -0.936. The van der Waals surface area contributed by atoms with E-state index in [4.69, 9.17) is 9.15 Å². The van der Waals surface area contributed by atoms with E-state index in [1.165, 1.54) is 6.08 Å². The molecule has 1 amide bonds. The standard InChI is InChI=1S/C18H15NO4/c1-2-5-18(21)22-11-17(20)19-12-8-9-16-14(10-12)13-6-3-4-7-15(13)23-16/h2-10H,11H2,1H3,(H,19,20)/b5-2+. The molecule has 0 saturated carbocycles. The Hall–Kier alpha value is -3.08. The van der Waals surface area contributed by atoms with Crippen LogP contribution in [-0.2, 0) is 14.3 Å². The van der Waals surface area contributed by atoms with E-state index in [1.807, 2.05) is 30.3 Å². The number of carbonyl (C=O) groups is 2. The number of benzene rings is 2. The van der Waals surface area contributed by atoms with E-state index in [0.717, 1.165) is 21.9 Å².